The zero-order valence-electron chi connectivity index (χ0n) is 25.0. The van der Waals surface area contributed by atoms with Gasteiger partial charge in [-0.25, -0.2) is 0 Å². The van der Waals surface area contributed by atoms with E-state index < -0.39 is 0 Å². The summed E-state index contributed by atoms with van der Waals surface area (Å²) in [4.78, 5) is 52.4. The summed E-state index contributed by atoms with van der Waals surface area (Å²) in [6.45, 7) is 3.51. The molecule has 0 spiro atoms. The molecule has 1 saturated carbocycles. The normalized spacial score (nSPS) is 13.7. The van der Waals surface area contributed by atoms with E-state index in [1.807, 2.05) is 24.0 Å². The van der Waals surface area contributed by atoms with E-state index in [2.05, 4.69) is 16.0 Å². The Morgan fingerprint density at radius 2 is 1.64 bits per heavy atom. The molecule has 10 nitrogen and oxygen atoms in total. The molecular weight excluding hydrogens is 558 g/mol. The molecule has 1 fully saturated rings. The van der Waals surface area contributed by atoms with Crippen molar-refractivity contribution in [3.05, 3.63) is 88.5 Å². The molecule has 230 valence electrons. The van der Waals surface area contributed by atoms with Crippen molar-refractivity contribution < 1.29 is 23.9 Å². The van der Waals surface area contributed by atoms with E-state index in [-0.39, 0.29) is 36.3 Å². The number of nitrogens with one attached hydrogen (secondary N) is 3. The number of carbonyl (C=O) groups is 4. The fourth-order valence-electron chi connectivity index (χ4n) is 5.15. The third kappa shape index (κ3) is 7.82. The second-order valence-corrected chi connectivity index (χ2v) is 11.4. The first-order valence-electron chi connectivity index (χ1n) is 15.2. The highest BCUT2D eigenvalue weighted by Crippen LogP contribution is 2.33. The van der Waals surface area contributed by atoms with Crippen LogP contribution < -0.4 is 26.4 Å². The fraction of sp³-hybridized carbons (Fsp3) is 0.353. The van der Waals surface area contributed by atoms with Crippen molar-refractivity contribution in [2.45, 2.75) is 58.0 Å². The van der Waals surface area contributed by atoms with Crippen LogP contribution in [0.4, 0.5) is 11.4 Å². The largest absolute Gasteiger partial charge is 0.482 e. The second-order valence-electron chi connectivity index (χ2n) is 11.4. The molecule has 0 bridgehead atoms. The molecule has 44 heavy (non-hydrogen) atoms. The summed E-state index contributed by atoms with van der Waals surface area (Å²) in [7, 11) is 0. The Labute approximate surface area is 257 Å². The van der Waals surface area contributed by atoms with Gasteiger partial charge < -0.3 is 31.3 Å². The van der Waals surface area contributed by atoms with Crippen LogP contribution in [0.25, 0.3) is 0 Å². The van der Waals surface area contributed by atoms with Crippen molar-refractivity contribution in [1.82, 2.24) is 10.2 Å². The Morgan fingerprint density at radius 1 is 0.909 bits per heavy atom. The summed E-state index contributed by atoms with van der Waals surface area (Å²) in [5.74, 6) is -0.230. The zero-order valence-corrected chi connectivity index (χ0v) is 25.0. The minimum atomic E-state index is -0.259. The Morgan fingerprint density at radius 3 is 2.36 bits per heavy atom. The molecule has 0 aromatic heterocycles. The van der Waals surface area contributed by atoms with E-state index in [0.717, 1.165) is 49.7 Å². The van der Waals surface area contributed by atoms with Crippen molar-refractivity contribution in [2.75, 3.05) is 30.3 Å². The molecule has 4 amide bonds. The van der Waals surface area contributed by atoms with Gasteiger partial charge in [0.25, 0.3) is 23.6 Å². The van der Waals surface area contributed by atoms with Gasteiger partial charge in [0.1, 0.15) is 5.75 Å². The number of benzene rings is 3. The molecule has 5 N–H and O–H groups in total. The van der Waals surface area contributed by atoms with E-state index in [0.29, 0.717) is 53.4 Å². The molecule has 0 radical (unpaired) electrons. The number of hydrogen-bond acceptors (Lipinski definition) is 6. The van der Waals surface area contributed by atoms with E-state index in [4.69, 9.17) is 10.5 Å². The number of nitrogens with zero attached hydrogens (tertiary/aromatic N) is 1. The molecule has 3 aromatic carbocycles. The van der Waals surface area contributed by atoms with Crippen LogP contribution in [0.2, 0.25) is 0 Å². The highest BCUT2D eigenvalue weighted by Gasteiger charge is 2.33. The zero-order chi connectivity index (χ0) is 31.1. The second kappa shape index (κ2) is 14.2. The molecule has 0 unspecified atom stereocenters. The number of carbonyl (C=O) groups excluding carboxylic acids is 4. The first-order valence-corrected chi connectivity index (χ1v) is 15.2. The van der Waals surface area contributed by atoms with Crippen molar-refractivity contribution >= 4 is 35.0 Å². The maximum absolute atomic E-state index is 13.4. The number of hydrogen-bond donors (Lipinski definition) is 4. The van der Waals surface area contributed by atoms with Gasteiger partial charge in [0.05, 0.1) is 5.69 Å². The van der Waals surface area contributed by atoms with E-state index in [9.17, 15) is 19.2 Å². The Bertz CT molecular complexity index is 1530. The summed E-state index contributed by atoms with van der Waals surface area (Å²) < 4.78 is 5.49. The maximum atomic E-state index is 13.4. The van der Waals surface area contributed by atoms with E-state index >= 15 is 0 Å². The third-order valence-electron chi connectivity index (χ3n) is 7.83. The number of rotatable bonds is 13. The van der Waals surface area contributed by atoms with Crippen LogP contribution in [0, 0.1) is 6.92 Å². The van der Waals surface area contributed by atoms with Gasteiger partial charge in [-0.15, -0.1) is 0 Å². The van der Waals surface area contributed by atoms with E-state index in [1.165, 1.54) is 0 Å². The van der Waals surface area contributed by atoms with Crippen LogP contribution in [0.5, 0.6) is 5.75 Å². The standard InChI is InChI=1S/C34H39N5O5/c1-22-18-25(32(41)36-17-5-3-2-4-16-35)10-14-28(22)38-33(42)24-8-6-23(7-9-24)20-39(27-12-13-27)34(43)26-11-15-29-30(19-26)44-21-31(40)37-29/h6-11,14-15,18-19,27H,2-5,12-13,16-17,20-21,35H2,1H3,(H,36,41)(H,37,40)(H,38,42). The molecule has 0 atom stereocenters. The summed E-state index contributed by atoms with van der Waals surface area (Å²) >= 11 is 0. The Kier molecular flexibility index (Phi) is 9.91. The summed E-state index contributed by atoms with van der Waals surface area (Å²) in [6.07, 6.45) is 5.90. The predicted molar refractivity (Wildman–Crippen MR) is 169 cm³/mol. The molecule has 2 aliphatic rings. The monoisotopic (exact) mass is 597 g/mol. The van der Waals surface area contributed by atoms with Gasteiger partial charge in [-0.3, -0.25) is 19.2 Å². The lowest BCUT2D eigenvalue weighted by atomic mass is 10.1. The van der Waals surface area contributed by atoms with E-state index in [1.54, 1.807) is 48.5 Å². The lowest BCUT2D eigenvalue weighted by Gasteiger charge is -2.24. The lowest BCUT2D eigenvalue weighted by Crippen LogP contribution is -2.33. The lowest BCUT2D eigenvalue weighted by molar-refractivity contribution is -0.118. The topological polar surface area (TPSA) is 143 Å². The highest BCUT2D eigenvalue weighted by atomic mass is 16.5. The minimum absolute atomic E-state index is 0.0739. The average molecular weight is 598 g/mol. The number of aryl methyl sites for hydroxylation is 1. The molecule has 0 saturated heterocycles. The fourth-order valence-corrected chi connectivity index (χ4v) is 5.15. The van der Waals surface area contributed by atoms with Crippen LogP contribution >= 0.6 is 0 Å². The molecule has 10 heteroatoms. The van der Waals surface area contributed by atoms with Gasteiger partial charge in [0.2, 0.25) is 0 Å². The molecule has 1 heterocycles. The van der Waals surface area contributed by atoms with Crippen LogP contribution in [0.15, 0.2) is 60.7 Å². The molecule has 3 aromatic rings. The number of amides is 4. The summed E-state index contributed by atoms with van der Waals surface area (Å²) in [5.41, 5.74) is 9.95. The number of unbranched alkanes of at least 4 members (excludes halogenated alkanes) is 3. The van der Waals surface area contributed by atoms with Gasteiger partial charge in [0, 0.05) is 41.5 Å². The number of fused-ring (bicyclic) bond motifs is 1. The number of ether oxygens (including phenoxy) is 1. The van der Waals surface area contributed by atoms with Crippen molar-refractivity contribution in [3.63, 3.8) is 0 Å². The van der Waals surface area contributed by atoms with Crippen LogP contribution in [0.1, 0.15) is 80.7 Å². The highest BCUT2D eigenvalue weighted by molar-refractivity contribution is 6.05. The van der Waals surface area contributed by atoms with Crippen molar-refractivity contribution in [1.29, 1.82) is 0 Å². The quantitative estimate of drug-likeness (QED) is 0.212. The molecule has 1 aliphatic carbocycles. The average Bonchev–Trinajstić information content (AvgIpc) is 3.87. The Hall–Kier alpha value is -4.70. The van der Waals surface area contributed by atoms with Gasteiger partial charge in [0.15, 0.2) is 6.61 Å². The number of nitrogens with two attached hydrogens (primary N) is 1. The molecule has 5 rings (SSSR count). The van der Waals surface area contributed by atoms with Crippen LogP contribution in [-0.4, -0.2) is 54.3 Å². The molecular formula is C34H39N5O5. The Balaban J connectivity index is 1.16. The summed E-state index contributed by atoms with van der Waals surface area (Å²) in [5, 5.41) is 8.63. The van der Waals surface area contributed by atoms with Gasteiger partial charge in [-0.05, 0) is 98.8 Å². The van der Waals surface area contributed by atoms with Crippen molar-refractivity contribution in [2.24, 2.45) is 5.73 Å². The summed E-state index contributed by atoms with van der Waals surface area (Å²) in [6, 6.07) is 17.7. The number of anilines is 2. The first kappa shape index (κ1) is 30.7. The van der Waals surface area contributed by atoms with Gasteiger partial charge >= 0.3 is 0 Å². The van der Waals surface area contributed by atoms with Crippen molar-refractivity contribution in [3.8, 4) is 5.75 Å². The molecule has 1 aliphatic heterocycles. The third-order valence-corrected chi connectivity index (χ3v) is 7.83. The smallest absolute Gasteiger partial charge is 0.262 e. The maximum Gasteiger partial charge on any atom is 0.262 e. The van der Waals surface area contributed by atoms with Gasteiger partial charge in [-0.2, -0.15) is 0 Å². The van der Waals surface area contributed by atoms with Gasteiger partial charge in [-0.1, -0.05) is 25.0 Å². The van der Waals surface area contributed by atoms with Crippen LogP contribution in [-0.2, 0) is 11.3 Å². The predicted octanol–water partition coefficient (Wildman–Crippen LogP) is 4.63. The minimum Gasteiger partial charge on any atom is -0.482 e. The SMILES string of the molecule is Cc1cc(C(=O)NCCCCCCN)ccc1NC(=O)c1ccc(CN(C(=O)c2ccc3c(c2)OCC(=O)N3)C2CC2)cc1. The first-order chi connectivity index (χ1) is 21.3. The van der Waals surface area contributed by atoms with Crippen LogP contribution in [0.3, 0.4) is 0 Å².